The fraction of sp³-hybridized carbons (Fsp3) is 0.550. The maximum Gasteiger partial charge on any atom is 0.0720 e. The number of hydrogen-bond donors (Lipinski definition) is 2. The Hall–Kier alpha value is -1.65. The highest BCUT2D eigenvalue weighted by molar-refractivity contribution is 6.09. The van der Waals surface area contributed by atoms with Crippen LogP contribution in [0, 0.1) is 0 Å². The Balaban J connectivity index is 1.55. The minimum atomic E-state index is 0.417. The van der Waals surface area contributed by atoms with Gasteiger partial charge in [0.25, 0.3) is 0 Å². The molecule has 1 aliphatic carbocycles. The van der Waals surface area contributed by atoms with Crippen molar-refractivity contribution in [2.75, 3.05) is 13.1 Å². The van der Waals surface area contributed by atoms with Gasteiger partial charge in [0.1, 0.15) is 0 Å². The number of hydrogen-bond acceptors (Lipinski definition) is 4. The third kappa shape index (κ3) is 4.92. The summed E-state index contributed by atoms with van der Waals surface area (Å²) < 4.78 is 5.97. The summed E-state index contributed by atoms with van der Waals surface area (Å²) in [7, 11) is 0. The molecular formula is C20H29N3O. The molecule has 0 spiro atoms. The van der Waals surface area contributed by atoms with E-state index in [0.717, 1.165) is 37.1 Å². The van der Waals surface area contributed by atoms with Gasteiger partial charge >= 0.3 is 0 Å². The van der Waals surface area contributed by atoms with Crippen LogP contribution < -0.4 is 11.1 Å². The number of ether oxygens (including phenoxy) is 1. The molecule has 1 aromatic rings. The van der Waals surface area contributed by atoms with Crippen molar-refractivity contribution >= 4 is 11.8 Å². The number of nitrogens with zero attached hydrogens (tertiary/aromatic N) is 1. The van der Waals surface area contributed by atoms with E-state index < -0.39 is 0 Å². The van der Waals surface area contributed by atoms with Crippen LogP contribution in [0.15, 0.2) is 35.5 Å². The molecule has 4 heteroatoms. The van der Waals surface area contributed by atoms with Crippen molar-refractivity contribution in [3.63, 3.8) is 0 Å². The van der Waals surface area contributed by atoms with Crippen LogP contribution in [-0.2, 0) is 11.3 Å². The van der Waals surface area contributed by atoms with Crippen molar-refractivity contribution in [3.05, 3.63) is 41.6 Å². The summed E-state index contributed by atoms with van der Waals surface area (Å²) in [6.07, 6.45) is 11.3. The normalized spacial score (nSPS) is 20.9. The second-order valence-corrected chi connectivity index (χ2v) is 6.80. The molecule has 24 heavy (non-hydrogen) atoms. The molecular weight excluding hydrogens is 298 g/mol. The second-order valence-electron chi connectivity index (χ2n) is 6.80. The number of allylic oxidation sites excluding steroid dienone is 1. The van der Waals surface area contributed by atoms with Crippen LogP contribution in [0.4, 0.5) is 0 Å². The monoisotopic (exact) mass is 327 g/mol. The molecule has 1 aromatic carbocycles. The number of aliphatic imine (C=N–C) groups is 1. The first kappa shape index (κ1) is 17.2. The number of nitrogens with two attached hydrogens (primary N) is 1. The summed E-state index contributed by atoms with van der Waals surface area (Å²) >= 11 is 0. The van der Waals surface area contributed by atoms with E-state index in [1.807, 2.05) is 6.21 Å². The smallest absolute Gasteiger partial charge is 0.0720 e. The molecule has 4 nitrogen and oxygen atoms in total. The Labute approximate surface area is 145 Å². The van der Waals surface area contributed by atoms with E-state index in [2.05, 4.69) is 29.6 Å². The van der Waals surface area contributed by atoms with Gasteiger partial charge in [0.2, 0.25) is 0 Å². The zero-order chi connectivity index (χ0) is 16.6. The van der Waals surface area contributed by atoms with Crippen molar-refractivity contribution in [2.24, 2.45) is 10.7 Å². The lowest BCUT2D eigenvalue weighted by atomic mass is 10.0. The Bertz CT molecular complexity index is 553. The standard InChI is InChI=1S/C20H29N3O/c21-13-18(14-23-19-9-11-22-12-10-19)17-7-5-16(6-8-17)15-24-20-3-1-2-4-20/h5-8,13-14,19-20,22H,1-4,9-12,15,21H2. The fourth-order valence-electron chi connectivity index (χ4n) is 3.42. The minimum absolute atomic E-state index is 0.417. The van der Waals surface area contributed by atoms with Crippen LogP contribution in [0.2, 0.25) is 0 Å². The van der Waals surface area contributed by atoms with Crippen molar-refractivity contribution in [1.29, 1.82) is 0 Å². The van der Waals surface area contributed by atoms with Gasteiger partial charge in [0, 0.05) is 18.0 Å². The van der Waals surface area contributed by atoms with E-state index in [4.69, 9.17) is 15.5 Å². The zero-order valence-electron chi connectivity index (χ0n) is 14.4. The van der Waals surface area contributed by atoms with Gasteiger partial charge < -0.3 is 15.8 Å². The molecule has 3 rings (SSSR count). The van der Waals surface area contributed by atoms with Gasteiger partial charge in [0.05, 0.1) is 18.8 Å². The first-order chi connectivity index (χ1) is 11.8. The molecule has 0 aromatic heterocycles. The number of rotatable bonds is 6. The SMILES string of the molecule is NC=C(C=NC1CCNCC1)c1ccc(COC2CCCC2)cc1. The molecule has 0 atom stereocenters. The van der Waals surface area contributed by atoms with Crippen LogP contribution in [0.25, 0.3) is 5.57 Å². The van der Waals surface area contributed by atoms with Crippen LogP contribution in [0.1, 0.15) is 49.7 Å². The molecule has 0 amide bonds. The lowest BCUT2D eigenvalue weighted by Gasteiger charge is -2.18. The van der Waals surface area contributed by atoms with Crippen LogP contribution in [-0.4, -0.2) is 31.4 Å². The Morgan fingerprint density at radius 3 is 2.50 bits per heavy atom. The predicted octanol–water partition coefficient (Wildman–Crippen LogP) is 3.27. The summed E-state index contributed by atoms with van der Waals surface area (Å²) in [6.45, 7) is 2.81. The van der Waals surface area contributed by atoms with Crippen LogP contribution in [0.5, 0.6) is 0 Å². The van der Waals surface area contributed by atoms with E-state index in [0.29, 0.717) is 18.8 Å². The molecule has 2 fully saturated rings. The summed E-state index contributed by atoms with van der Waals surface area (Å²) in [5.41, 5.74) is 9.12. The van der Waals surface area contributed by atoms with Crippen molar-refractivity contribution in [2.45, 2.75) is 57.3 Å². The molecule has 0 radical (unpaired) electrons. The van der Waals surface area contributed by atoms with E-state index in [1.165, 1.54) is 31.2 Å². The predicted molar refractivity (Wildman–Crippen MR) is 100 cm³/mol. The quantitative estimate of drug-likeness (QED) is 0.788. The number of benzene rings is 1. The highest BCUT2D eigenvalue weighted by Gasteiger charge is 2.15. The van der Waals surface area contributed by atoms with Gasteiger partial charge in [-0.2, -0.15) is 0 Å². The van der Waals surface area contributed by atoms with Gasteiger partial charge in [-0.3, -0.25) is 4.99 Å². The lowest BCUT2D eigenvalue weighted by Crippen LogP contribution is -2.29. The van der Waals surface area contributed by atoms with E-state index in [1.54, 1.807) is 6.20 Å². The summed E-state index contributed by atoms with van der Waals surface area (Å²) in [5, 5.41) is 3.36. The maximum absolute atomic E-state index is 5.97. The van der Waals surface area contributed by atoms with Gasteiger partial charge in [-0.25, -0.2) is 0 Å². The Kier molecular flexibility index (Phi) is 6.44. The van der Waals surface area contributed by atoms with Gasteiger partial charge in [0.15, 0.2) is 0 Å². The van der Waals surface area contributed by atoms with Crippen LogP contribution in [0.3, 0.4) is 0 Å². The zero-order valence-corrected chi connectivity index (χ0v) is 14.4. The fourth-order valence-corrected chi connectivity index (χ4v) is 3.42. The first-order valence-electron chi connectivity index (χ1n) is 9.22. The van der Waals surface area contributed by atoms with E-state index in [-0.39, 0.29) is 0 Å². The molecule has 1 saturated heterocycles. The molecule has 2 aliphatic rings. The minimum Gasteiger partial charge on any atom is -0.404 e. The molecule has 0 bridgehead atoms. The summed E-state index contributed by atoms with van der Waals surface area (Å²) in [5.74, 6) is 0. The molecule has 1 heterocycles. The Morgan fingerprint density at radius 2 is 1.83 bits per heavy atom. The highest BCUT2D eigenvalue weighted by Crippen LogP contribution is 2.22. The highest BCUT2D eigenvalue weighted by atomic mass is 16.5. The second kappa shape index (κ2) is 9.00. The third-order valence-corrected chi connectivity index (χ3v) is 4.99. The topological polar surface area (TPSA) is 59.6 Å². The van der Waals surface area contributed by atoms with E-state index in [9.17, 15) is 0 Å². The van der Waals surface area contributed by atoms with Crippen molar-refractivity contribution in [1.82, 2.24) is 5.32 Å². The molecule has 1 saturated carbocycles. The maximum atomic E-state index is 5.97. The average molecular weight is 327 g/mol. The van der Waals surface area contributed by atoms with Gasteiger partial charge in [-0.1, -0.05) is 37.1 Å². The van der Waals surface area contributed by atoms with E-state index >= 15 is 0 Å². The Morgan fingerprint density at radius 1 is 1.12 bits per heavy atom. The molecule has 3 N–H and O–H groups in total. The van der Waals surface area contributed by atoms with Gasteiger partial charge in [-0.15, -0.1) is 0 Å². The number of nitrogens with one attached hydrogen (secondary N) is 1. The van der Waals surface area contributed by atoms with Crippen LogP contribution >= 0.6 is 0 Å². The lowest BCUT2D eigenvalue weighted by molar-refractivity contribution is 0.0457. The van der Waals surface area contributed by atoms with Crippen molar-refractivity contribution < 1.29 is 4.74 Å². The number of piperidine rings is 1. The first-order valence-corrected chi connectivity index (χ1v) is 9.22. The van der Waals surface area contributed by atoms with Gasteiger partial charge in [-0.05, 0) is 49.9 Å². The van der Waals surface area contributed by atoms with Crippen molar-refractivity contribution in [3.8, 4) is 0 Å². The summed E-state index contributed by atoms with van der Waals surface area (Å²) in [6, 6.07) is 8.90. The molecule has 130 valence electrons. The third-order valence-electron chi connectivity index (χ3n) is 4.99. The summed E-state index contributed by atoms with van der Waals surface area (Å²) in [4.78, 5) is 4.70. The molecule has 1 aliphatic heterocycles. The molecule has 0 unspecified atom stereocenters. The average Bonchev–Trinajstić information content (AvgIpc) is 3.16. The largest absolute Gasteiger partial charge is 0.404 e.